The summed E-state index contributed by atoms with van der Waals surface area (Å²) in [5, 5.41) is 14.0. The van der Waals surface area contributed by atoms with Crippen LogP contribution in [0.2, 0.25) is 0 Å². The van der Waals surface area contributed by atoms with Crippen LogP contribution in [0.4, 0.5) is 17.3 Å². The van der Waals surface area contributed by atoms with Gasteiger partial charge >= 0.3 is 5.69 Å². The minimum atomic E-state index is -0.547. The van der Waals surface area contributed by atoms with Crippen LogP contribution in [-0.2, 0) is 0 Å². The number of hydrogen-bond donors (Lipinski definition) is 2. The maximum absolute atomic E-state index is 10.9. The van der Waals surface area contributed by atoms with E-state index in [1.807, 2.05) is 0 Å². The summed E-state index contributed by atoms with van der Waals surface area (Å²) in [6, 6.07) is 0. The Bertz CT molecular complexity index is 457. The quantitative estimate of drug-likeness (QED) is 0.625. The zero-order chi connectivity index (χ0) is 13.2. The zero-order valence-corrected chi connectivity index (χ0v) is 10.3. The lowest BCUT2D eigenvalue weighted by Gasteiger charge is -2.23. The summed E-state index contributed by atoms with van der Waals surface area (Å²) in [7, 11) is 0. The average Bonchev–Trinajstić information content (AvgIpc) is 2.73. The first-order valence-electron chi connectivity index (χ1n) is 6.01. The number of nitrogens with one attached hydrogen (secondary N) is 1. The molecule has 0 atom stereocenters. The van der Waals surface area contributed by atoms with Crippen LogP contribution in [0, 0.1) is 15.5 Å². The normalized spacial score (nSPS) is 17.6. The topological polar surface area (TPSA) is 107 Å². The van der Waals surface area contributed by atoms with Gasteiger partial charge in [0.2, 0.25) is 11.6 Å². The van der Waals surface area contributed by atoms with E-state index in [4.69, 9.17) is 5.73 Å². The minimum Gasteiger partial charge on any atom is -0.378 e. The summed E-state index contributed by atoms with van der Waals surface area (Å²) in [6.45, 7) is 2.85. The van der Waals surface area contributed by atoms with Gasteiger partial charge in [-0.25, -0.2) is 9.97 Å². The van der Waals surface area contributed by atoms with E-state index in [0.717, 1.165) is 12.8 Å². The number of nitrogens with two attached hydrogens (primary N) is 1. The molecule has 18 heavy (non-hydrogen) atoms. The molecule has 0 aromatic carbocycles. The molecule has 7 heteroatoms. The molecule has 1 aromatic heterocycles. The van der Waals surface area contributed by atoms with Gasteiger partial charge in [0, 0.05) is 6.54 Å². The second kappa shape index (κ2) is 4.75. The SMILES string of the molecule is CC1(CNc2ncnc(N)c2[N+](=O)[O-])CCCC1. The summed E-state index contributed by atoms with van der Waals surface area (Å²) < 4.78 is 0. The maximum atomic E-state index is 10.9. The van der Waals surface area contributed by atoms with Crippen LogP contribution in [0.5, 0.6) is 0 Å². The standard InChI is InChI=1S/C11H17N5O2/c1-11(4-2-3-5-11)6-13-10-8(16(17)18)9(12)14-7-15-10/h7H,2-6H2,1H3,(H3,12,13,14,15). The Morgan fingerprint density at radius 2 is 2.17 bits per heavy atom. The van der Waals surface area contributed by atoms with E-state index >= 15 is 0 Å². The number of rotatable bonds is 4. The maximum Gasteiger partial charge on any atom is 0.352 e. The second-order valence-corrected chi connectivity index (χ2v) is 5.08. The van der Waals surface area contributed by atoms with Crippen molar-refractivity contribution < 1.29 is 4.92 Å². The van der Waals surface area contributed by atoms with E-state index in [1.165, 1.54) is 19.2 Å². The summed E-state index contributed by atoms with van der Waals surface area (Å²) in [4.78, 5) is 17.9. The molecule has 1 aromatic rings. The molecule has 0 spiro atoms. The first kappa shape index (κ1) is 12.5. The molecule has 3 N–H and O–H groups in total. The van der Waals surface area contributed by atoms with Gasteiger partial charge < -0.3 is 11.1 Å². The van der Waals surface area contributed by atoms with Gasteiger partial charge in [-0.05, 0) is 18.3 Å². The molecule has 0 amide bonds. The van der Waals surface area contributed by atoms with E-state index in [2.05, 4.69) is 22.2 Å². The molecule has 0 radical (unpaired) electrons. The van der Waals surface area contributed by atoms with Crippen LogP contribution in [0.25, 0.3) is 0 Å². The fraction of sp³-hybridized carbons (Fsp3) is 0.636. The molecule has 1 saturated carbocycles. The largest absolute Gasteiger partial charge is 0.378 e. The fourth-order valence-corrected chi connectivity index (χ4v) is 2.40. The molecule has 98 valence electrons. The second-order valence-electron chi connectivity index (χ2n) is 5.08. The number of anilines is 2. The summed E-state index contributed by atoms with van der Waals surface area (Å²) in [5.74, 6) is 0.106. The lowest BCUT2D eigenvalue weighted by atomic mass is 9.89. The molecule has 2 rings (SSSR count). The molecule has 0 unspecified atom stereocenters. The highest BCUT2D eigenvalue weighted by Gasteiger charge is 2.30. The van der Waals surface area contributed by atoms with Crippen molar-refractivity contribution in [2.45, 2.75) is 32.6 Å². The van der Waals surface area contributed by atoms with Gasteiger partial charge in [-0.15, -0.1) is 0 Å². The first-order chi connectivity index (χ1) is 8.52. The zero-order valence-electron chi connectivity index (χ0n) is 10.3. The lowest BCUT2D eigenvalue weighted by molar-refractivity contribution is -0.383. The van der Waals surface area contributed by atoms with E-state index in [-0.39, 0.29) is 22.7 Å². The Balaban J connectivity index is 2.14. The van der Waals surface area contributed by atoms with Gasteiger partial charge in [-0.3, -0.25) is 10.1 Å². The predicted octanol–water partition coefficient (Wildman–Crippen LogP) is 1.96. The number of nitrogens with zero attached hydrogens (tertiary/aromatic N) is 3. The molecule has 1 heterocycles. The Morgan fingerprint density at radius 3 is 2.78 bits per heavy atom. The molecule has 1 aliphatic carbocycles. The smallest absolute Gasteiger partial charge is 0.352 e. The lowest BCUT2D eigenvalue weighted by Crippen LogP contribution is -2.24. The third-order valence-electron chi connectivity index (χ3n) is 3.53. The van der Waals surface area contributed by atoms with E-state index in [9.17, 15) is 10.1 Å². The average molecular weight is 251 g/mol. The van der Waals surface area contributed by atoms with Crippen LogP contribution in [0.1, 0.15) is 32.6 Å². The third-order valence-corrected chi connectivity index (χ3v) is 3.53. The fourth-order valence-electron chi connectivity index (χ4n) is 2.40. The Labute approximate surface area is 105 Å². The van der Waals surface area contributed by atoms with E-state index in [0.29, 0.717) is 6.54 Å². The Morgan fingerprint density at radius 1 is 1.50 bits per heavy atom. The van der Waals surface area contributed by atoms with Crippen molar-refractivity contribution in [2.75, 3.05) is 17.6 Å². The van der Waals surface area contributed by atoms with Crippen molar-refractivity contribution in [3.05, 3.63) is 16.4 Å². The summed E-state index contributed by atoms with van der Waals surface area (Å²) >= 11 is 0. The molecule has 1 fully saturated rings. The van der Waals surface area contributed by atoms with Gasteiger partial charge in [0.1, 0.15) is 6.33 Å². The van der Waals surface area contributed by atoms with Crippen LogP contribution < -0.4 is 11.1 Å². The van der Waals surface area contributed by atoms with Crippen molar-refractivity contribution in [1.29, 1.82) is 0 Å². The minimum absolute atomic E-state index is 0.103. The first-order valence-corrected chi connectivity index (χ1v) is 6.01. The molecule has 0 aliphatic heterocycles. The van der Waals surface area contributed by atoms with Crippen molar-refractivity contribution in [1.82, 2.24) is 9.97 Å². The number of nitro groups is 1. The van der Waals surface area contributed by atoms with E-state index < -0.39 is 4.92 Å². The highest BCUT2D eigenvalue weighted by Crippen LogP contribution is 2.38. The van der Waals surface area contributed by atoms with Gasteiger partial charge in [-0.2, -0.15) is 0 Å². The van der Waals surface area contributed by atoms with Crippen LogP contribution in [0.15, 0.2) is 6.33 Å². The molecule has 7 nitrogen and oxygen atoms in total. The number of hydrogen-bond acceptors (Lipinski definition) is 6. The van der Waals surface area contributed by atoms with Crippen LogP contribution in [0.3, 0.4) is 0 Å². The Hall–Kier alpha value is -1.92. The van der Waals surface area contributed by atoms with Gasteiger partial charge in [0.25, 0.3) is 0 Å². The molecule has 0 bridgehead atoms. The monoisotopic (exact) mass is 251 g/mol. The van der Waals surface area contributed by atoms with Gasteiger partial charge in [-0.1, -0.05) is 19.8 Å². The van der Waals surface area contributed by atoms with Crippen molar-refractivity contribution in [3.8, 4) is 0 Å². The van der Waals surface area contributed by atoms with Crippen molar-refractivity contribution in [2.24, 2.45) is 5.41 Å². The highest BCUT2D eigenvalue weighted by atomic mass is 16.6. The van der Waals surface area contributed by atoms with Gasteiger partial charge in [0.05, 0.1) is 4.92 Å². The highest BCUT2D eigenvalue weighted by molar-refractivity contribution is 5.67. The third kappa shape index (κ3) is 2.49. The predicted molar refractivity (Wildman–Crippen MR) is 68.2 cm³/mol. The van der Waals surface area contributed by atoms with E-state index in [1.54, 1.807) is 0 Å². The number of aromatic nitrogens is 2. The summed E-state index contributed by atoms with van der Waals surface area (Å²) in [5.41, 5.74) is 5.46. The van der Waals surface area contributed by atoms with Crippen LogP contribution in [-0.4, -0.2) is 21.4 Å². The summed E-state index contributed by atoms with van der Waals surface area (Å²) in [6.07, 6.45) is 5.93. The van der Waals surface area contributed by atoms with Crippen molar-refractivity contribution in [3.63, 3.8) is 0 Å². The molecular weight excluding hydrogens is 234 g/mol. The molecule has 0 saturated heterocycles. The molecule has 1 aliphatic rings. The van der Waals surface area contributed by atoms with Crippen LogP contribution >= 0.6 is 0 Å². The Kier molecular flexibility index (Phi) is 3.31. The molecular formula is C11H17N5O2. The van der Waals surface area contributed by atoms with Gasteiger partial charge in [0.15, 0.2) is 0 Å². The number of nitrogen functional groups attached to an aromatic ring is 1. The van der Waals surface area contributed by atoms with Crippen molar-refractivity contribution >= 4 is 17.3 Å².